The Morgan fingerprint density at radius 1 is 1.38 bits per heavy atom. The standard InChI is InChI=1S/C11H16O2/c1-3-4-10-7-9(2)5-6-11(10)13-8-12/h5-7,12H,3-4,8H2,1-2H3. The molecule has 1 rings (SSSR count). The Hall–Kier alpha value is -1.02. The van der Waals surface area contributed by atoms with Gasteiger partial charge in [0, 0.05) is 0 Å². The molecule has 1 N–H and O–H groups in total. The lowest BCUT2D eigenvalue weighted by Gasteiger charge is -2.09. The molecule has 2 heteroatoms. The number of aliphatic hydroxyl groups excluding tert-OH is 1. The lowest BCUT2D eigenvalue weighted by atomic mass is 10.1. The second-order valence-corrected chi connectivity index (χ2v) is 3.13. The minimum Gasteiger partial charge on any atom is -0.467 e. The van der Waals surface area contributed by atoms with Gasteiger partial charge in [-0.1, -0.05) is 31.0 Å². The lowest BCUT2D eigenvalue weighted by molar-refractivity contribution is 0.0975. The third-order valence-corrected chi connectivity index (χ3v) is 1.96. The van der Waals surface area contributed by atoms with Gasteiger partial charge < -0.3 is 9.84 Å². The summed E-state index contributed by atoms with van der Waals surface area (Å²) in [6, 6.07) is 6.01. The minimum absolute atomic E-state index is 0.250. The monoisotopic (exact) mass is 180 g/mol. The highest BCUT2D eigenvalue weighted by Crippen LogP contribution is 2.21. The first-order valence-corrected chi connectivity index (χ1v) is 4.61. The van der Waals surface area contributed by atoms with E-state index >= 15 is 0 Å². The van der Waals surface area contributed by atoms with Gasteiger partial charge >= 0.3 is 0 Å². The first kappa shape index (κ1) is 10.1. The summed E-state index contributed by atoms with van der Waals surface area (Å²) in [5.41, 5.74) is 2.41. The van der Waals surface area contributed by atoms with Crippen LogP contribution in [-0.2, 0) is 6.42 Å². The maximum Gasteiger partial charge on any atom is 0.186 e. The van der Waals surface area contributed by atoms with Gasteiger partial charge in [-0.15, -0.1) is 0 Å². The number of aliphatic hydroxyl groups is 1. The number of ether oxygens (including phenoxy) is 1. The number of aryl methyl sites for hydroxylation is 2. The topological polar surface area (TPSA) is 29.5 Å². The van der Waals surface area contributed by atoms with E-state index in [9.17, 15) is 0 Å². The highest BCUT2D eigenvalue weighted by Gasteiger charge is 2.02. The van der Waals surface area contributed by atoms with E-state index < -0.39 is 0 Å². The van der Waals surface area contributed by atoms with Gasteiger partial charge in [-0.05, 0) is 25.0 Å². The fraction of sp³-hybridized carbons (Fsp3) is 0.455. The first-order valence-electron chi connectivity index (χ1n) is 4.61. The van der Waals surface area contributed by atoms with E-state index in [0.29, 0.717) is 0 Å². The zero-order chi connectivity index (χ0) is 9.68. The Bertz CT molecular complexity index is 269. The molecular formula is C11H16O2. The fourth-order valence-electron chi connectivity index (χ4n) is 1.38. The highest BCUT2D eigenvalue weighted by atomic mass is 16.6. The molecule has 1 aromatic rings. The largest absolute Gasteiger partial charge is 0.467 e. The quantitative estimate of drug-likeness (QED) is 0.720. The van der Waals surface area contributed by atoms with Crippen molar-refractivity contribution in [3.05, 3.63) is 29.3 Å². The van der Waals surface area contributed by atoms with E-state index in [-0.39, 0.29) is 6.79 Å². The van der Waals surface area contributed by atoms with Crippen molar-refractivity contribution < 1.29 is 9.84 Å². The van der Waals surface area contributed by atoms with Crippen molar-refractivity contribution in [2.24, 2.45) is 0 Å². The number of hydrogen-bond acceptors (Lipinski definition) is 2. The Labute approximate surface area is 79.2 Å². The summed E-state index contributed by atoms with van der Waals surface area (Å²) in [6.07, 6.45) is 2.09. The Morgan fingerprint density at radius 3 is 2.77 bits per heavy atom. The SMILES string of the molecule is CCCc1cc(C)ccc1OCO. The molecule has 0 heterocycles. The van der Waals surface area contributed by atoms with Crippen LogP contribution in [0.1, 0.15) is 24.5 Å². The molecule has 0 saturated carbocycles. The average Bonchev–Trinajstić information content (AvgIpc) is 2.10. The molecule has 1 aromatic carbocycles. The summed E-state index contributed by atoms with van der Waals surface area (Å²) in [4.78, 5) is 0. The van der Waals surface area contributed by atoms with Gasteiger partial charge in [-0.25, -0.2) is 0 Å². The van der Waals surface area contributed by atoms with Crippen LogP contribution in [0, 0.1) is 6.92 Å². The predicted molar refractivity (Wildman–Crippen MR) is 52.9 cm³/mol. The van der Waals surface area contributed by atoms with Crippen LogP contribution in [0.2, 0.25) is 0 Å². The van der Waals surface area contributed by atoms with E-state index in [1.807, 2.05) is 12.1 Å². The second kappa shape index (κ2) is 4.87. The van der Waals surface area contributed by atoms with Gasteiger partial charge in [0.25, 0.3) is 0 Å². The van der Waals surface area contributed by atoms with E-state index in [4.69, 9.17) is 9.84 Å². The van der Waals surface area contributed by atoms with Crippen LogP contribution in [0.4, 0.5) is 0 Å². The van der Waals surface area contributed by atoms with Crippen LogP contribution < -0.4 is 4.74 Å². The molecule has 0 unspecified atom stereocenters. The van der Waals surface area contributed by atoms with Crippen LogP contribution >= 0.6 is 0 Å². The summed E-state index contributed by atoms with van der Waals surface area (Å²) in [7, 11) is 0. The van der Waals surface area contributed by atoms with Crippen LogP contribution in [-0.4, -0.2) is 11.9 Å². The number of rotatable bonds is 4. The molecule has 0 aliphatic carbocycles. The van der Waals surface area contributed by atoms with Crippen LogP contribution in [0.5, 0.6) is 5.75 Å². The van der Waals surface area contributed by atoms with Crippen molar-refractivity contribution >= 4 is 0 Å². The molecule has 72 valence electrons. The van der Waals surface area contributed by atoms with Gasteiger partial charge in [0.05, 0.1) is 0 Å². The zero-order valence-electron chi connectivity index (χ0n) is 8.21. The van der Waals surface area contributed by atoms with Crippen molar-refractivity contribution in [2.45, 2.75) is 26.7 Å². The van der Waals surface area contributed by atoms with Gasteiger partial charge in [-0.2, -0.15) is 0 Å². The molecule has 0 bridgehead atoms. The Kier molecular flexibility index (Phi) is 3.77. The third kappa shape index (κ3) is 2.74. The van der Waals surface area contributed by atoms with E-state index in [1.54, 1.807) is 0 Å². The molecule has 13 heavy (non-hydrogen) atoms. The maximum absolute atomic E-state index is 8.66. The maximum atomic E-state index is 8.66. The summed E-state index contributed by atoms with van der Waals surface area (Å²) < 4.78 is 5.10. The molecule has 0 saturated heterocycles. The van der Waals surface area contributed by atoms with Gasteiger partial charge in [0.1, 0.15) is 5.75 Å². The van der Waals surface area contributed by atoms with E-state index in [1.165, 1.54) is 11.1 Å². The molecular weight excluding hydrogens is 164 g/mol. The smallest absolute Gasteiger partial charge is 0.186 e. The van der Waals surface area contributed by atoms with Gasteiger partial charge in [0.15, 0.2) is 6.79 Å². The minimum atomic E-state index is -0.250. The van der Waals surface area contributed by atoms with Crippen molar-refractivity contribution in [2.75, 3.05) is 6.79 Å². The fourth-order valence-corrected chi connectivity index (χ4v) is 1.38. The van der Waals surface area contributed by atoms with Crippen LogP contribution in [0.25, 0.3) is 0 Å². The first-order chi connectivity index (χ1) is 6.27. The van der Waals surface area contributed by atoms with Crippen LogP contribution in [0.15, 0.2) is 18.2 Å². The molecule has 2 nitrogen and oxygen atoms in total. The summed E-state index contributed by atoms with van der Waals surface area (Å²) in [6.45, 7) is 3.94. The molecule has 0 atom stereocenters. The van der Waals surface area contributed by atoms with Crippen molar-refractivity contribution in [1.82, 2.24) is 0 Å². The second-order valence-electron chi connectivity index (χ2n) is 3.13. The normalized spacial score (nSPS) is 10.1. The highest BCUT2D eigenvalue weighted by molar-refractivity contribution is 5.36. The third-order valence-electron chi connectivity index (χ3n) is 1.96. The van der Waals surface area contributed by atoms with E-state index in [0.717, 1.165) is 18.6 Å². The molecule has 0 radical (unpaired) electrons. The molecule has 0 aromatic heterocycles. The number of hydrogen-bond donors (Lipinski definition) is 1. The Balaban J connectivity index is 2.89. The number of benzene rings is 1. The van der Waals surface area contributed by atoms with Crippen molar-refractivity contribution in [3.63, 3.8) is 0 Å². The zero-order valence-corrected chi connectivity index (χ0v) is 8.21. The van der Waals surface area contributed by atoms with Crippen LogP contribution in [0.3, 0.4) is 0 Å². The van der Waals surface area contributed by atoms with Gasteiger partial charge in [0.2, 0.25) is 0 Å². The van der Waals surface area contributed by atoms with Crippen molar-refractivity contribution in [3.8, 4) is 5.75 Å². The molecule has 0 spiro atoms. The summed E-state index contributed by atoms with van der Waals surface area (Å²) in [5.74, 6) is 0.801. The molecule has 0 aliphatic rings. The predicted octanol–water partition coefficient (Wildman–Crippen LogP) is 2.28. The Morgan fingerprint density at radius 2 is 2.15 bits per heavy atom. The molecule has 0 fully saturated rings. The van der Waals surface area contributed by atoms with Crippen molar-refractivity contribution in [1.29, 1.82) is 0 Å². The molecule has 0 amide bonds. The van der Waals surface area contributed by atoms with Gasteiger partial charge in [-0.3, -0.25) is 0 Å². The summed E-state index contributed by atoms with van der Waals surface area (Å²) >= 11 is 0. The van der Waals surface area contributed by atoms with E-state index in [2.05, 4.69) is 19.9 Å². The summed E-state index contributed by atoms with van der Waals surface area (Å²) in [5, 5.41) is 8.66. The lowest BCUT2D eigenvalue weighted by Crippen LogP contribution is -1.98. The molecule has 0 aliphatic heterocycles. The average molecular weight is 180 g/mol.